The summed E-state index contributed by atoms with van der Waals surface area (Å²) in [5.74, 6) is -0.689. The first-order valence-electron chi connectivity index (χ1n) is 7.09. The molecule has 1 aliphatic rings. The number of rotatable bonds is 5. The molecule has 108 valence electrons. The lowest BCUT2D eigenvalue weighted by molar-refractivity contribution is -0.115. The van der Waals surface area contributed by atoms with Crippen molar-refractivity contribution < 1.29 is 9.59 Å². The van der Waals surface area contributed by atoms with E-state index in [2.05, 4.69) is 10.6 Å². The fraction of sp³-hybridized carbons (Fsp3) is 0.467. The number of nitrogens with two attached hydrogens (primary N) is 1. The molecule has 1 aromatic carbocycles. The molecule has 1 fully saturated rings. The minimum absolute atomic E-state index is 0.149. The largest absolute Gasteiger partial charge is 0.366 e. The third-order valence-electron chi connectivity index (χ3n) is 3.62. The van der Waals surface area contributed by atoms with Crippen LogP contribution in [0.3, 0.4) is 0 Å². The van der Waals surface area contributed by atoms with Crippen LogP contribution in [0.1, 0.15) is 42.5 Å². The number of carbonyl (C=O) groups excluding carboxylic acids is 2. The summed E-state index contributed by atoms with van der Waals surface area (Å²) in [6, 6.07) is 7.19. The highest BCUT2D eigenvalue weighted by Crippen LogP contribution is 2.17. The number of hydrogen-bond donors (Lipinski definition) is 3. The Bertz CT molecular complexity index is 482. The molecule has 0 saturated heterocycles. The van der Waals surface area contributed by atoms with E-state index in [-0.39, 0.29) is 12.5 Å². The van der Waals surface area contributed by atoms with Crippen LogP contribution in [0.2, 0.25) is 0 Å². The first-order chi connectivity index (χ1) is 9.66. The lowest BCUT2D eigenvalue weighted by Crippen LogP contribution is -2.37. The molecule has 0 aliphatic heterocycles. The molecular formula is C15H21N3O2. The van der Waals surface area contributed by atoms with Crippen LogP contribution in [-0.2, 0) is 4.79 Å². The van der Waals surface area contributed by atoms with E-state index in [0.717, 1.165) is 12.8 Å². The molecule has 5 heteroatoms. The van der Waals surface area contributed by atoms with E-state index in [4.69, 9.17) is 5.73 Å². The van der Waals surface area contributed by atoms with Crippen LogP contribution in [0.15, 0.2) is 24.3 Å². The van der Waals surface area contributed by atoms with Crippen LogP contribution >= 0.6 is 0 Å². The lowest BCUT2D eigenvalue weighted by atomic mass is 9.95. The van der Waals surface area contributed by atoms with Crippen molar-refractivity contribution in [2.75, 3.05) is 11.9 Å². The van der Waals surface area contributed by atoms with Crippen molar-refractivity contribution in [1.82, 2.24) is 5.32 Å². The molecule has 0 unspecified atom stereocenters. The molecule has 0 spiro atoms. The molecule has 20 heavy (non-hydrogen) atoms. The van der Waals surface area contributed by atoms with Crippen molar-refractivity contribution in [3.8, 4) is 0 Å². The summed E-state index contributed by atoms with van der Waals surface area (Å²) in [4.78, 5) is 23.2. The summed E-state index contributed by atoms with van der Waals surface area (Å²) in [7, 11) is 0. The SMILES string of the molecule is NC(=O)c1ccccc1NC(=O)CNC1CCCCC1. The Morgan fingerprint density at radius 2 is 1.85 bits per heavy atom. The Balaban J connectivity index is 1.86. The first kappa shape index (κ1) is 14.5. The normalized spacial score (nSPS) is 15.8. The van der Waals surface area contributed by atoms with E-state index >= 15 is 0 Å². The van der Waals surface area contributed by atoms with Crippen LogP contribution in [0.4, 0.5) is 5.69 Å². The van der Waals surface area contributed by atoms with Gasteiger partial charge in [0.15, 0.2) is 0 Å². The Kier molecular flexibility index (Phi) is 5.12. The zero-order valence-electron chi connectivity index (χ0n) is 11.5. The predicted molar refractivity (Wildman–Crippen MR) is 78.5 cm³/mol. The Hall–Kier alpha value is -1.88. The second-order valence-corrected chi connectivity index (χ2v) is 5.17. The fourth-order valence-corrected chi connectivity index (χ4v) is 2.55. The van der Waals surface area contributed by atoms with E-state index in [0.29, 0.717) is 17.3 Å². The van der Waals surface area contributed by atoms with Gasteiger partial charge in [-0.3, -0.25) is 9.59 Å². The first-order valence-corrected chi connectivity index (χ1v) is 7.09. The molecule has 1 aliphatic carbocycles. The zero-order valence-corrected chi connectivity index (χ0v) is 11.5. The fourth-order valence-electron chi connectivity index (χ4n) is 2.55. The van der Waals surface area contributed by atoms with Gasteiger partial charge in [-0.1, -0.05) is 31.4 Å². The average Bonchev–Trinajstić information content (AvgIpc) is 2.46. The van der Waals surface area contributed by atoms with Crippen molar-refractivity contribution >= 4 is 17.5 Å². The highest BCUT2D eigenvalue weighted by molar-refractivity contribution is 6.03. The molecule has 0 heterocycles. The molecule has 0 bridgehead atoms. The Morgan fingerprint density at radius 1 is 1.15 bits per heavy atom. The third kappa shape index (κ3) is 4.06. The quantitative estimate of drug-likeness (QED) is 0.764. The molecule has 2 amide bonds. The minimum atomic E-state index is -0.541. The van der Waals surface area contributed by atoms with Crippen molar-refractivity contribution in [1.29, 1.82) is 0 Å². The zero-order chi connectivity index (χ0) is 14.4. The van der Waals surface area contributed by atoms with Crippen LogP contribution < -0.4 is 16.4 Å². The van der Waals surface area contributed by atoms with Crippen molar-refractivity contribution in [3.63, 3.8) is 0 Å². The predicted octanol–water partition coefficient (Wildman–Crippen LogP) is 1.65. The molecule has 0 radical (unpaired) electrons. The van der Waals surface area contributed by atoms with Gasteiger partial charge in [-0.25, -0.2) is 0 Å². The number of nitrogens with one attached hydrogen (secondary N) is 2. The molecule has 0 atom stereocenters. The topological polar surface area (TPSA) is 84.2 Å². The van der Waals surface area contributed by atoms with Crippen molar-refractivity contribution in [3.05, 3.63) is 29.8 Å². The van der Waals surface area contributed by atoms with Crippen LogP contribution in [0.25, 0.3) is 0 Å². The van der Waals surface area contributed by atoms with E-state index in [1.54, 1.807) is 24.3 Å². The molecule has 1 aromatic rings. The number of benzene rings is 1. The van der Waals surface area contributed by atoms with E-state index in [9.17, 15) is 9.59 Å². The molecule has 2 rings (SSSR count). The van der Waals surface area contributed by atoms with E-state index in [1.807, 2.05) is 0 Å². The second kappa shape index (κ2) is 7.05. The van der Waals surface area contributed by atoms with Crippen LogP contribution in [0, 0.1) is 0 Å². The molecule has 0 aromatic heterocycles. The van der Waals surface area contributed by atoms with Gasteiger partial charge in [-0.05, 0) is 25.0 Å². The highest BCUT2D eigenvalue weighted by atomic mass is 16.2. The van der Waals surface area contributed by atoms with Crippen molar-refractivity contribution in [2.45, 2.75) is 38.1 Å². The summed E-state index contributed by atoms with van der Waals surface area (Å²) in [5.41, 5.74) is 6.08. The Morgan fingerprint density at radius 3 is 2.55 bits per heavy atom. The molecule has 4 N–H and O–H groups in total. The second-order valence-electron chi connectivity index (χ2n) is 5.17. The standard InChI is InChI=1S/C15H21N3O2/c16-15(20)12-8-4-5-9-13(12)18-14(19)10-17-11-6-2-1-3-7-11/h4-5,8-9,11,17H,1-3,6-7,10H2,(H2,16,20)(H,18,19). The third-order valence-corrected chi connectivity index (χ3v) is 3.62. The average molecular weight is 275 g/mol. The maximum absolute atomic E-state index is 11.9. The van der Waals surface area contributed by atoms with E-state index < -0.39 is 5.91 Å². The number of primary amides is 1. The summed E-state index contributed by atoms with van der Waals surface area (Å²) >= 11 is 0. The highest BCUT2D eigenvalue weighted by Gasteiger charge is 2.15. The number of para-hydroxylation sites is 1. The lowest BCUT2D eigenvalue weighted by Gasteiger charge is -2.22. The van der Waals surface area contributed by atoms with Gasteiger partial charge in [0.25, 0.3) is 5.91 Å². The van der Waals surface area contributed by atoms with Gasteiger partial charge >= 0.3 is 0 Å². The van der Waals surface area contributed by atoms with Gasteiger partial charge in [0, 0.05) is 6.04 Å². The summed E-state index contributed by atoms with van der Waals surface area (Å²) in [6.45, 7) is 0.262. The van der Waals surface area contributed by atoms with Gasteiger partial charge in [-0.15, -0.1) is 0 Å². The maximum Gasteiger partial charge on any atom is 0.250 e. The van der Waals surface area contributed by atoms with Gasteiger partial charge in [0.1, 0.15) is 0 Å². The van der Waals surface area contributed by atoms with Gasteiger partial charge in [0.2, 0.25) is 5.91 Å². The monoisotopic (exact) mass is 275 g/mol. The maximum atomic E-state index is 11.9. The minimum Gasteiger partial charge on any atom is -0.366 e. The van der Waals surface area contributed by atoms with Crippen molar-refractivity contribution in [2.24, 2.45) is 5.73 Å². The van der Waals surface area contributed by atoms with Gasteiger partial charge in [-0.2, -0.15) is 0 Å². The number of amides is 2. The van der Waals surface area contributed by atoms with Crippen LogP contribution in [-0.4, -0.2) is 24.4 Å². The summed E-state index contributed by atoms with van der Waals surface area (Å²) < 4.78 is 0. The van der Waals surface area contributed by atoms with Gasteiger partial charge in [0.05, 0.1) is 17.8 Å². The van der Waals surface area contributed by atoms with Gasteiger partial charge < -0.3 is 16.4 Å². The number of hydrogen-bond acceptors (Lipinski definition) is 3. The Labute approximate surface area is 118 Å². The molecule has 5 nitrogen and oxygen atoms in total. The smallest absolute Gasteiger partial charge is 0.250 e. The summed E-state index contributed by atoms with van der Waals surface area (Å²) in [5, 5.41) is 5.99. The van der Waals surface area contributed by atoms with E-state index in [1.165, 1.54) is 19.3 Å². The number of carbonyl (C=O) groups is 2. The number of anilines is 1. The molecule has 1 saturated carbocycles. The summed E-state index contributed by atoms with van der Waals surface area (Å²) in [6.07, 6.45) is 6.00. The molecular weight excluding hydrogens is 254 g/mol. The van der Waals surface area contributed by atoms with Crippen LogP contribution in [0.5, 0.6) is 0 Å².